The van der Waals surface area contributed by atoms with Crippen LogP contribution in [0.1, 0.15) is 209 Å². The molecule has 2 atom stereocenters. The summed E-state index contributed by atoms with van der Waals surface area (Å²) in [6, 6.07) is 0. The molecule has 0 bridgehead atoms. The van der Waals surface area contributed by atoms with Gasteiger partial charge in [-0.25, -0.2) is 0 Å². The number of nitrogens with one attached hydrogen (secondary N) is 4. The van der Waals surface area contributed by atoms with E-state index in [0.29, 0.717) is 23.7 Å². The fourth-order valence-electron chi connectivity index (χ4n) is 16.3. The number of piperidine rings is 4. The molecule has 14 heteroatoms. The predicted octanol–water partition coefficient (Wildman–Crippen LogP) is 8.64. The summed E-state index contributed by atoms with van der Waals surface area (Å²) in [5, 5.41) is 46.2. The van der Waals surface area contributed by atoms with Gasteiger partial charge in [0.1, 0.15) is 0 Å². The first-order chi connectivity index (χ1) is 29.3. The minimum atomic E-state index is -0.833. The smallest absolute Gasteiger partial charge is 0.300 e. The van der Waals surface area contributed by atoms with Crippen molar-refractivity contribution in [3.8, 4) is 0 Å². The number of carbonyl (C=O) groups is 4. The van der Waals surface area contributed by atoms with Crippen molar-refractivity contribution in [3.63, 3.8) is 0 Å². The minimum Gasteiger partial charge on any atom is -0.481 e. The Bertz CT molecular complexity index is 1430. The van der Waals surface area contributed by atoms with Crippen LogP contribution in [0.2, 0.25) is 0 Å². The molecule has 5 rings (SSSR count). The van der Waals surface area contributed by atoms with Gasteiger partial charge >= 0.3 is 0 Å². The molecule has 5 fully saturated rings. The first-order valence-corrected chi connectivity index (χ1v) is 24.7. The van der Waals surface area contributed by atoms with Crippen molar-refractivity contribution in [2.24, 2.45) is 51.4 Å². The lowest BCUT2D eigenvalue weighted by atomic mass is 9.29. The molecule has 4 heterocycles. The Labute approximate surface area is 401 Å². The van der Waals surface area contributed by atoms with Gasteiger partial charge in [-0.1, -0.05) is 6.42 Å². The molecule has 0 aromatic rings. The predicted molar refractivity (Wildman–Crippen MR) is 269 cm³/mol. The number of hydrogen-bond acceptors (Lipinski definition) is 10. The molecular formula is C52H102N6O8. The van der Waals surface area contributed by atoms with E-state index in [-0.39, 0.29) is 60.6 Å². The van der Waals surface area contributed by atoms with Crippen LogP contribution in [-0.4, -0.2) is 102 Å². The Kier molecular flexibility index (Phi) is 20.3. The summed E-state index contributed by atoms with van der Waals surface area (Å²) >= 11 is 0. The van der Waals surface area contributed by atoms with Gasteiger partial charge in [-0.05, 0) is 228 Å². The van der Waals surface area contributed by atoms with Crippen LogP contribution in [0.25, 0.3) is 0 Å². The first kappa shape index (κ1) is 61.7. The Morgan fingerprint density at radius 1 is 0.379 bits per heavy atom. The van der Waals surface area contributed by atoms with E-state index in [1.54, 1.807) is 0 Å². The molecule has 388 valence electrons. The molecular weight excluding hydrogens is 837 g/mol. The van der Waals surface area contributed by atoms with E-state index < -0.39 is 23.9 Å². The number of aliphatic carboxylic acids is 4. The van der Waals surface area contributed by atoms with E-state index in [1.165, 1.54) is 70.6 Å². The van der Waals surface area contributed by atoms with Crippen LogP contribution in [0.4, 0.5) is 0 Å². The Morgan fingerprint density at radius 3 is 0.682 bits per heavy atom. The van der Waals surface area contributed by atoms with Gasteiger partial charge in [0.2, 0.25) is 0 Å². The normalized spacial score (nSPS) is 30.3. The van der Waals surface area contributed by atoms with Crippen LogP contribution in [0.15, 0.2) is 0 Å². The molecule has 0 aromatic carbocycles. The maximum atomic E-state index is 9.00. The highest BCUT2D eigenvalue weighted by Crippen LogP contribution is 2.77. The van der Waals surface area contributed by atoms with E-state index in [4.69, 9.17) is 51.1 Å². The maximum absolute atomic E-state index is 9.00. The van der Waals surface area contributed by atoms with Gasteiger partial charge in [0.05, 0.1) is 0 Å². The Hall–Kier alpha value is -2.36. The molecule has 2 unspecified atom stereocenters. The van der Waals surface area contributed by atoms with Gasteiger partial charge in [0.25, 0.3) is 23.9 Å². The van der Waals surface area contributed by atoms with Crippen LogP contribution in [-0.2, 0) is 19.2 Å². The van der Waals surface area contributed by atoms with Crippen molar-refractivity contribution >= 4 is 23.9 Å². The Morgan fingerprint density at radius 2 is 0.530 bits per heavy atom. The summed E-state index contributed by atoms with van der Waals surface area (Å²) < 4.78 is 0. The van der Waals surface area contributed by atoms with Gasteiger partial charge in [0.15, 0.2) is 0 Å². The summed E-state index contributed by atoms with van der Waals surface area (Å²) in [6.07, 6.45) is 13.1. The third-order valence-electron chi connectivity index (χ3n) is 15.2. The van der Waals surface area contributed by atoms with E-state index in [1.807, 2.05) is 0 Å². The van der Waals surface area contributed by atoms with Crippen LogP contribution in [0.3, 0.4) is 0 Å². The summed E-state index contributed by atoms with van der Waals surface area (Å²) in [6.45, 7) is 45.6. The number of rotatable bonds is 6. The highest BCUT2D eigenvalue weighted by Gasteiger charge is 2.75. The van der Waals surface area contributed by atoms with Crippen molar-refractivity contribution in [2.75, 3.05) is 13.1 Å². The average Bonchev–Trinajstić information content (AvgIpc) is 3.00. The molecule has 0 radical (unpaired) electrons. The number of carboxylic acids is 4. The average molecular weight is 939 g/mol. The Balaban J connectivity index is 0.00000118. The lowest BCUT2D eigenvalue weighted by Gasteiger charge is -2.77. The van der Waals surface area contributed by atoms with Crippen molar-refractivity contribution in [1.82, 2.24) is 21.3 Å². The third-order valence-corrected chi connectivity index (χ3v) is 15.2. The van der Waals surface area contributed by atoms with Crippen molar-refractivity contribution in [3.05, 3.63) is 0 Å². The van der Waals surface area contributed by atoms with Crippen LogP contribution >= 0.6 is 0 Å². The number of hydrogen-bond donors (Lipinski definition) is 10. The van der Waals surface area contributed by atoms with Gasteiger partial charge in [0, 0.05) is 72.0 Å². The van der Waals surface area contributed by atoms with Crippen LogP contribution in [0, 0.1) is 39.9 Å². The molecule has 66 heavy (non-hydrogen) atoms. The topological polar surface area (TPSA) is 249 Å². The lowest BCUT2D eigenvalue weighted by molar-refractivity contribution is -0.274. The number of nitrogens with two attached hydrogens (primary N) is 2. The van der Waals surface area contributed by atoms with Gasteiger partial charge < -0.3 is 53.2 Å². The van der Waals surface area contributed by atoms with Gasteiger partial charge in [-0.3, -0.25) is 19.2 Å². The summed E-state index contributed by atoms with van der Waals surface area (Å²) in [5.41, 5.74) is 15.6. The summed E-state index contributed by atoms with van der Waals surface area (Å²) in [5.74, 6) is -1.26. The molecule has 5 aliphatic rings. The quantitative estimate of drug-likeness (QED) is 0.120. The molecule has 1 saturated carbocycles. The fraction of sp³-hybridized carbons (Fsp3) is 0.923. The molecule has 4 saturated heterocycles. The molecule has 0 aromatic heterocycles. The second-order valence-electron chi connectivity index (χ2n) is 26.5. The van der Waals surface area contributed by atoms with Crippen molar-refractivity contribution in [2.45, 2.75) is 253 Å². The second kappa shape index (κ2) is 21.7. The summed E-state index contributed by atoms with van der Waals surface area (Å²) in [4.78, 5) is 36.0. The second-order valence-corrected chi connectivity index (χ2v) is 26.5. The maximum Gasteiger partial charge on any atom is 0.300 e. The minimum absolute atomic E-state index is 0.0226. The standard InChI is InChI=1S/C44H86N6.4C2H4O2/c1-34(2)20-30(21-35(3,4)47-34)42(28-45)18-17-19-43(29-46,31-22-36(5,6)48-37(7,8)23-31)44(42,32-24-38(9,10)49-39(11,12)25-32)33-26-40(13,14)50-41(15,16)27-33;4*1-2(3)4/h30-33,47-50H,17-29,45-46H2,1-16H3;4*1H3,(H,3,4). The van der Waals surface area contributed by atoms with Gasteiger partial charge in [-0.15, -0.1) is 0 Å². The summed E-state index contributed by atoms with van der Waals surface area (Å²) in [7, 11) is 0. The van der Waals surface area contributed by atoms with E-state index in [2.05, 4.69) is 132 Å². The molecule has 14 nitrogen and oxygen atoms in total. The zero-order valence-corrected chi connectivity index (χ0v) is 45.6. The molecule has 1 aliphatic carbocycles. The lowest BCUT2D eigenvalue weighted by Crippen LogP contribution is -2.78. The largest absolute Gasteiger partial charge is 0.481 e. The third kappa shape index (κ3) is 16.4. The van der Waals surface area contributed by atoms with E-state index in [9.17, 15) is 0 Å². The highest BCUT2D eigenvalue weighted by atomic mass is 16.4. The number of carboxylic acid groups (broad SMARTS) is 4. The van der Waals surface area contributed by atoms with E-state index in [0.717, 1.165) is 40.8 Å². The molecule has 4 aliphatic heterocycles. The SMILES string of the molecule is CC(=O)O.CC(=O)O.CC(=O)O.CC(=O)O.CC1(C)CC(C2(CN)CCCC(CN)(C3CC(C)(C)NC(C)(C)C3)C2(C2CC(C)(C)NC(C)(C)C2)C2CC(C)(C)NC(C)(C)C2)CC(C)(C)N1. The van der Waals surface area contributed by atoms with Crippen LogP contribution in [0.5, 0.6) is 0 Å². The highest BCUT2D eigenvalue weighted by molar-refractivity contribution is 5.63. The molecule has 0 amide bonds. The molecule has 12 N–H and O–H groups in total. The fourth-order valence-corrected chi connectivity index (χ4v) is 16.3. The molecule has 0 spiro atoms. The van der Waals surface area contributed by atoms with Crippen molar-refractivity contribution in [1.29, 1.82) is 0 Å². The monoisotopic (exact) mass is 939 g/mol. The van der Waals surface area contributed by atoms with Crippen LogP contribution < -0.4 is 32.7 Å². The zero-order valence-electron chi connectivity index (χ0n) is 45.6. The van der Waals surface area contributed by atoms with Crippen molar-refractivity contribution < 1.29 is 39.6 Å². The van der Waals surface area contributed by atoms with E-state index >= 15 is 0 Å². The first-order valence-electron chi connectivity index (χ1n) is 24.7. The van der Waals surface area contributed by atoms with Gasteiger partial charge in [-0.2, -0.15) is 0 Å². The zero-order chi connectivity index (χ0) is 52.1.